The van der Waals surface area contributed by atoms with Crippen molar-refractivity contribution >= 4 is 11.8 Å². The van der Waals surface area contributed by atoms with Crippen molar-refractivity contribution in [2.75, 3.05) is 26.2 Å². The van der Waals surface area contributed by atoms with Gasteiger partial charge in [0.15, 0.2) is 0 Å². The molecular weight excluding hydrogens is 240 g/mol. The van der Waals surface area contributed by atoms with Crippen molar-refractivity contribution in [3.63, 3.8) is 0 Å². The van der Waals surface area contributed by atoms with Crippen molar-refractivity contribution in [2.24, 2.45) is 11.3 Å². The zero-order valence-corrected chi connectivity index (χ0v) is 13.0. The lowest BCUT2D eigenvalue weighted by atomic mass is 9.94. The van der Waals surface area contributed by atoms with E-state index in [1.807, 2.05) is 37.5 Å². The molecule has 1 unspecified atom stereocenters. The Morgan fingerprint density at radius 2 is 1.53 bits per heavy atom. The van der Waals surface area contributed by atoms with Crippen molar-refractivity contribution in [2.45, 2.75) is 47.5 Å². The van der Waals surface area contributed by atoms with Gasteiger partial charge in [0.05, 0.1) is 0 Å². The predicted octanol–water partition coefficient (Wildman–Crippen LogP) is 2.14. The first-order valence-corrected chi connectivity index (χ1v) is 7.35. The molecule has 110 valence electrons. The van der Waals surface area contributed by atoms with Crippen LogP contribution < -0.4 is 0 Å². The van der Waals surface area contributed by atoms with Gasteiger partial charge in [-0.25, -0.2) is 0 Å². The van der Waals surface area contributed by atoms with Crippen molar-refractivity contribution in [1.29, 1.82) is 0 Å². The highest BCUT2D eigenvalue weighted by Gasteiger charge is 2.31. The highest BCUT2D eigenvalue weighted by atomic mass is 16.2. The molecule has 2 amide bonds. The number of nitrogens with zero attached hydrogens (tertiary/aromatic N) is 2. The second-order valence-electron chi connectivity index (χ2n) is 6.56. The lowest BCUT2D eigenvalue weighted by Gasteiger charge is -2.38. The summed E-state index contributed by atoms with van der Waals surface area (Å²) < 4.78 is 0. The van der Waals surface area contributed by atoms with E-state index in [0.717, 1.165) is 12.8 Å². The largest absolute Gasteiger partial charge is 0.339 e. The fourth-order valence-corrected chi connectivity index (χ4v) is 2.47. The predicted molar refractivity (Wildman–Crippen MR) is 76.7 cm³/mol. The van der Waals surface area contributed by atoms with Crippen LogP contribution in [-0.4, -0.2) is 47.8 Å². The van der Waals surface area contributed by atoms with Gasteiger partial charge >= 0.3 is 0 Å². The molecule has 4 heteroatoms. The van der Waals surface area contributed by atoms with Crippen LogP contribution in [0.2, 0.25) is 0 Å². The molecule has 0 aromatic carbocycles. The minimum Gasteiger partial charge on any atom is -0.339 e. The molecule has 19 heavy (non-hydrogen) atoms. The van der Waals surface area contributed by atoms with Crippen LogP contribution >= 0.6 is 0 Å². The molecule has 0 N–H and O–H groups in total. The average Bonchev–Trinajstić information content (AvgIpc) is 2.36. The third-order valence-corrected chi connectivity index (χ3v) is 3.66. The van der Waals surface area contributed by atoms with Crippen LogP contribution in [0.15, 0.2) is 0 Å². The van der Waals surface area contributed by atoms with Gasteiger partial charge < -0.3 is 9.80 Å². The summed E-state index contributed by atoms with van der Waals surface area (Å²) in [6, 6.07) is 0. The summed E-state index contributed by atoms with van der Waals surface area (Å²) in [7, 11) is 0. The molecule has 0 aliphatic carbocycles. The Morgan fingerprint density at radius 3 is 1.95 bits per heavy atom. The number of amides is 2. The Hall–Kier alpha value is -1.06. The quantitative estimate of drug-likeness (QED) is 0.787. The van der Waals surface area contributed by atoms with E-state index in [4.69, 9.17) is 0 Å². The van der Waals surface area contributed by atoms with E-state index < -0.39 is 0 Å². The van der Waals surface area contributed by atoms with Crippen LogP contribution in [0.1, 0.15) is 47.5 Å². The maximum atomic E-state index is 12.2. The zero-order valence-electron chi connectivity index (χ0n) is 13.0. The molecule has 0 bridgehead atoms. The van der Waals surface area contributed by atoms with E-state index in [2.05, 4.69) is 6.92 Å². The first kappa shape index (κ1) is 16.0. The number of carbonyl (C=O) groups is 2. The van der Waals surface area contributed by atoms with E-state index in [9.17, 15) is 9.59 Å². The second kappa shape index (κ2) is 6.40. The third-order valence-electron chi connectivity index (χ3n) is 3.66. The first-order valence-electron chi connectivity index (χ1n) is 7.35. The van der Waals surface area contributed by atoms with Gasteiger partial charge in [-0.2, -0.15) is 0 Å². The van der Waals surface area contributed by atoms with Crippen LogP contribution in [0.4, 0.5) is 0 Å². The second-order valence-corrected chi connectivity index (χ2v) is 6.56. The maximum absolute atomic E-state index is 12.2. The summed E-state index contributed by atoms with van der Waals surface area (Å²) in [6.07, 6.45) is 1.98. The highest BCUT2D eigenvalue weighted by molar-refractivity contribution is 5.82. The van der Waals surface area contributed by atoms with Crippen molar-refractivity contribution < 1.29 is 9.59 Å². The number of hydrogen-bond acceptors (Lipinski definition) is 2. The fraction of sp³-hybridized carbons (Fsp3) is 0.867. The van der Waals surface area contributed by atoms with Crippen LogP contribution in [0.25, 0.3) is 0 Å². The Labute approximate surface area is 117 Å². The monoisotopic (exact) mass is 268 g/mol. The minimum atomic E-state index is -0.332. The fourth-order valence-electron chi connectivity index (χ4n) is 2.47. The van der Waals surface area contributed by atoms with E-state index in [0.29, 0.717) is 26.2 Å². The first-order chi connectivity index (χ1) is 8.77. The minimum absolute atomic E-state index is 0.106. The molecule has 4 nitrogen and oxygen atoms in total. The summed E-state index contributed by atoms with van der Waals surface area (Å²) >= 11 is 0. The molecule has 1 aliphatic rings. The van der Waals surface area contributed by atoms with Gasteiger partial charge in [-0.05, 0) is 6.42 Å². The molecule has 1 aliphatic heterocycles. The molecule has 0 radical (unpaired) electrons. The van der Waals surface area contributed by atoms with E-state index in [1.54, 1.807) is 0 Å². The molecule has 0 saturated carbocycles. The van der Waals surface area contributed by atoms with E-state index >= 15 is 0 Å². The number of carbonyl (C=O) groups excluding carboxylic acids is 2. The topological polar surface area (TPSA) is 40.6 Å². The molecule has 1 atom stereocenters. The normalized spacial score (nSPS) is 18.4. The smallest absolute Gasteiger partial charge is 0.228 e. The summed E-state index contributed by atoms with van der Waals surface area (Å²) in [5.74, 6) is 0.529. The van der Waals surface area contributed by atoms with Crippen LogP contribution in [-0.2, 0) is 9.59 Å². The molecule has 0 aromatic heterocycles. The molecule has 1 heterocycles. The molecule has 0 aromatic rings. The van der Waals surface area contributed by atoms with Gasteiger partial charge in [0.25, 0.3) is 0 Å². The summed E-state index contributed by atoms with van der Waals surface area (Å²) in [4.78, 5) is 28.1. The Kier molecular flexibility index (Phi) is 5.39. The van der Waals surface area contributed by atoms with Crippen LogP contribution in [0.5, 0.6) is 0 Å². The number of piperazine rings is 1. The molecule has 1 rings (SSSR count). The van der Waals surface area contributed by atoms with Crippen molar-refractivity contribution in [1.82, 2.24) is 9.80 Å². The maximum Gasteiger partial charge on any atom is 0.228 e. The molecule has 0 spiro atoms. The Morgan fingerprint density at radius 1 is 1.05 bits per heavy atom. The van der Waals surface area contributed by atoms with Gasteiger partial charge in [0, 0.05) is 37.5 Å². The van der Waals surface area contributed by atoms with Gasteiger partial charge in [-0.15, -0.1) is 0 Å². The Balaban J connectivity index is 2.49. The molecule has 1 saturated heterocycles. The summed E-state index contributed by atoms with van der Waals surface area (Å²) in [5.41, 5.74) is -0.332. The Bertz CT molecular complexity index is 326. The zero-order chi connectivity index (χ0) is 14.6. The summed E-state index contributed by atoms with van der Waals surface area (Å²) in [6.45, 7) is 12.6. The number of hydrogen-bond donors (Lipinski definition) is 0. The number of rotatable bonds is 3. The van der Waals surface area contributed by atoms with Gasteiger partial charge in [-0.3, -0.25) is 9.59 Å². The van der Waals surface area contributed by atoms with Gasteiger partial charge in [-0.1, -0.05) is 41.0 Å². The van der Waals surface area contributed by atoms with E-state index in [1.165, 1.54) is 0 Å². The highest BCUT2D eigenvalue weighted by Crippen LogP contribution is 2.19. The molecular formula is C15H28N2O2. The van der Waals surface area contributed by atoms with Crippen LogP contribution in [0.3, 0.4) is 0 Å². The van der Waals surface area contributed by atoms with Crippen molar-refractivity contribution in [3.8, 4) is 0 Å². The van der Waals surface area contributed by atoms with Crippen molar-refractivity contribution in [3.05, 3.63) is 0 Å². The lowest BCUT2D eigenvalue weighted by Crippen LogP contribution is -2.53. The lowest BCUT2D eigenvalue weighted by molar-refractivity contribution is -0.146. The summed E-state index contributed by atoms with van der Waals surface area (Å²) in [5, 5.41) is 0. The van der Waals surface area contributed by atoms with Crippen LogP contribution in [0, 0.1) is 11.3 Å². The van der Waals surface area contributed by atoms with Gasteiger partial charge in [0.1, 0.15) is 0 Å². The van der Waals surface area contributed by atoms with Gasteiger partial charge in [0.2, 0.25) is 11.8 Å². The third kappa shape index (κ3) is 4.22. The standard InChI is InChI=1S/C15H28N2O2/c1-6-7-12(2)13(18)16-8-10-17(11-9-16)14(19)15(3,4)5/h12H,6-11H2,1-5H3. The van der Waals surface area contributed by atoms with E-state index in [-0.39, 0.29) is 23.1 Å². The average molecular weight is 268 g/mol. The SMILES string of the molecule is CCCC(C)C(=O)N1CCN(C(=O)C(C)(C)C)CC1. The molecule has 1 fully saturated rings.